The van der Waals surface area contributed by atoms with Crippen LogP contribution >= 0.6 is 0 Å². The van der Waals surface area contributed by atoms with Gasteiger partial charge in [0.15, 0.2) is 5.78 Å². The predicted octanol–water partition coefficient (Wildman–Crippen LogP) is 4.67. The molecule has 0 spiro atoms. The quantitative estimate of drug-likeness (QED) is 0.648. The average Bonchev–Trinajstić information content (AvgIpc) is 2.46. The van der Waals surface area contributed by atoms with Gasteiger partial charge in [0.1, 0.15) is 5.76 Å². The van der Waals surface area contributed by atoms with E-state index in [0.717, 1.165) is 24.1 Å². The van der Waals surface area contributed by atoms with Gasteiger partial charge in [0.05, 0.1) is 5.57 Å². The molecule has 1 fully saturated rings. The first-order chi connectivity index (χ1) is 10.8. The van der Waals surface area contributed by atoms with Crippen LogP contribution in [0.3, 0.4) is 0 Å². The van der Waals surface area contributed by atoms with Gasteiger partial charge in [-0.15, -0.1) is 0 Å². The van der Waals surface area contributed by atoms with E-state index in [9.17, 15) is 9.90 Å². The summed E-state index contributed by atoms with van der Waals surface area (Å²) < 4.78 is 0. The molecule has 2 rings (SSSR count). The highest BCUT2D eigenvalue weighted by Crippen LogP contribution is 2.36. The zero-order valence-corrected chi connectivity index (χ0v) is 14.6. The summed E-state index contributed by atoms with van der Waals surface area (Å²) in [5.41, 5.74) is 2.13. The Morgan fingerprint density at radius 3 is 2.52 bits per heavy atom. The smallest absolute Gasteiger partial charge is 0.168 e. The first-order valence-corrected chi connectivity index (χ1v) is 8.38. The van der Waals surface area contributed by atoms with Gasteiger partial charge in [0.2, 0.25) is 0 Å². The zero-order valence-electron chi connectivity index (χ0n) is 14.6. The Morgan fingerprint density at radius 2 is 1.91 bits per heavy atom. The van der Waals surface area contributed by atoms with Crippen LogP contribution in [0.1, 0.15) is 52.5 Å². The summed E-state index contributed by atoms with van der Waals surface area (Å²) in [5.74, 6) is 0.162. The fraction of sp³-hybridized carbons (Fsp3) is 0.500. The number of benzene rings is 1. The van der Waals surface area contributed by atoms with E-state index < -0.39 is 0 Å². The van der Waals surface area contributed by atoms with Crippen LogP contribution in [0.2, 0.25) is 0 Å². The van der Waals surface area contributed by atoms with E-state index in [0.29, 0.717) is 18.4 Å². The van der Waals surface area contributed by atoms with Crippen molar-refractivity contribution in [2.24, 2.45) is 10.4 Å². The van der Waals surface area contributed by atoms with E-state index in [1.165, 1.54) is 0 Å². The highest BCUT2D eigenvalue weighted by Gasteiger charge is 2.36. The Morgan fingerprint density at radius 1 is 1.26 bits per heavy atom. The minimum Gasteiger partial charge on any atom is -0.511 e. The minimum atomic E-state index is -0.0973. The van der Waals surface area contributed by atoms with Gasteiger partial charge >= 0.3 is 0 Å². The number of ketones is 1. The second-order valence-corrected chi connectivity index (χ2v) is 7.26. The highest BCUT2D eigenvalue weighted by molar-refractivity contribution is 6.24. The molecule has 1 aliphatic rings. The molecular weight excluding hydrogens is 286 g/mol. The van der Waals surface area contributed by atoms with Crippen LogP contribution in [0.4, 0.5) is 0 Å². The maximum atomic E-state index is 12.6. The molecule has 1 aliphatic carbocycles. The number of aliphatic hydroxyl groups is 1. The highest BCUT2D eigenvalue weighted by atomic mass is 16.3. The summed E-state index contributed by atoms with van der Waals surface area (Å²) in [6.45, 7) is 8.30. The van der Waals surface area contributed by atoms with Crippen LogP contribution in [0, 0.1) is 5.41 Å². The number of hydrogen-bond donors (Lipinski definition) is 1. The first-order valence-electron chi connectivity index (χ1n) is 8.38. The molecule has 1 saturated carbocycles. The molecule has 1 atom stereocenters. The summed E-state index contributed by atoms with van der Waals surface area (Å²) in [7, 11) is 0. The Bertz CT molecular complexity index is 626. The standard InChI is InChI=1S/C20H27NO2/c1-5-14(2)21-16-12-20(3,4)13-18(23)19(16)17(22)11-15-9-7-6-8-10-15/h6-10,14,22H,5,11-13H2,1-4H3. The molecule has 1 unspecified atom stereocenters. The van der Waals surface area contributed by atoms with Crippen molar-refractivity contribution < 1.29 is 9.90 Å². The summed E-state index contributed by atoms with van der Waals surface area (Å²) in [4.78, 5) is 17.3. The molecule has 0 heterocycles. The van der Waals surface area contributed by atoms with Crippen LogP contribution < -0.4 is 0 Å². The van der Waals surface area contributed by atoms with Crippen molar-refractivity contribution in [2.75, 3.05) is 0 Å². The van der Waals surface area contributed by atoms with Gasteiger partial charge in [-0.1, -0.05) is 51.1 Å². The molecule has 0 radical (unpaired) electrons. The summed E-state index contributed by atoms with van der Waals surface area (Å²) >= 11 is 0. The Kier molecular flexibility index (Phi) is 5.40. The summed E-state index contributed by atoms with van der Waals surface area (Å²) in [6, 6.07) is 9.89. The number of allylic oxidation sites excluding steroid dienone is 2. The van der Waals surface area contributed by atoms with E-state index in [1.807, 2.05) is 37.3 Å². The lowest BCUT2D eigenvalue weighted by Crippen LogP contribution is -2.33. The van der Waals surface area contributed by atoms with Crippen molar-refractivity contribution in [2.45, 2.75) is 59.4 Å². The number of aliphatic imine (C=N–C) groups is 1. The van der Waals surface area contributed by atoms with E-state index in [4.69, 9.17) is 4.99 Å². The topological polar surface area (TPSA) is 49.7 Å². The zero-order chi connectivity index (χ0) is 17.0. The molecule has 1 N–H and O–H groups in total. The number of aliphatic hydroxyl groups excluding tert-OH is 1. The maximum absolute atomic E-state index is 12.6. The molecule has 1 aromatic rings. The molecule has 23 heavy (non-hydrogen) atoms. The molecule has 0 amide bonds. The summed E-state index contributed by atoms with van der Waals surface area (Å²) in [6.07, 6.45) is 2.49. The second-order valence-electron chi connectivity index (χ2n) is 7.26. The molecular formula is C20H27NO2. The van der Waals surface area contributed by atoms with Gasteiger partial charge in [-0.2, -0.15) is 0 Å². The third-order valence-corrected chi connectivity index (χ3v) is 4.32. The lowest BCUT2D eigenvalue weighted by molar-refractivity contribution is -0.117. The van der Waals surface area contributed by atoms with Crippen molar-refractivity contribution in [1.29, 1.82) is 0 Å². The lowest BCUT2D eigenvalue weighted by Gasteiger charge is -2.32. The van der Waals surface area contributed by atoms with Gasteiger partial charge in [0.25, 0.3) is 0 Å². The Hall–Kier alpha value is -1.90. The van der Waals surface area contributed by atoms with Gasteiger partial charge in [0, 0.05) is 24.6 Å². The van der Waals surface area contributed by atoms with Crippen LogP contribution in [0.5, 0.6) is 0 Å². The van der Waals surface area contributed by atoms with Gasteiger partial charge in [-0.25, -0.2) is 0 Å². The van der Waals surface area contributed by atoms with Crippen molar-refractivity contribution in [3.05, 3.63) is 47.2 Å². The molecule has 3 nitrogen and oxygen atoms in total. The van der Waals surface area contributed by atoms with Gasteiger partial charge < -0.3 is 5.11 Å². The predicted molar refractivity (Wildman–Crippen MR) is 95.0 cm³/mol. The number of hydrogen-bond acceptors (Lipinski definition) is 3. The third-order valence-electron chi connectivity index (χ3n) is 4.32. The molecule has 0 aliphatic heterocycles. The van der Waals surface area contributed by atoms with E-state index in [2.05, 4.69) is 20.8 Å². The second kappa shape index (κ2) is 7.12. The maximum Gasteiger partial charge on any atom is 0.168 e. The van der Waals surface area contributed by atoms with E-state index in [-0.39, 0.29) is 23.0 Å². The van der Waals surface area contributed by atoms with Crippen molar-refractivity contribution in [3.63, 3.8) is 0 Å². The normalized spacial score (nSPS) is 23.0. The molecule has 124 valence electrons. The van der Waals surface area contributed by atoms with Crippen molar-refractivity contribution >= 4 is 11.5 Å². The van der Waals surface area contributed by atoms with Crippen LogP contribution in [-0.2, 0) is 11.2 Å². The van der Waals surface area contributed by atoms with Crippen LogP contribution in [-0.4, -0.2) is 22.6 Å². The number of rotatable bonds is 4. The largest absolute Gasteiger partial charge is 0.511 e. The van der Waals surface area contributed by atoms with Crippen LogP contribution in [0.25, 0.3) is 0 Å². The van der Waals surface area contributed by atoms with Crippen LogP contribution in [0.15, 0.2) is 46.7 Å². The Labute approximate surface area is 139 Å². The van der Waals surface area contributed by atoms with Crippen molar-refractivity contribution in [1.82, 2.24) is 0 Å². The summed E-state index contributed by atoms with van der Waals surface area (Å²) in [5, 5.41) is 10.6. The van der Waals surface area contributed by atoms with E-state index >= 15 is 0 Å². The number of nitrogens with zero attached hydrogens (tertiary/aromatic N) is 1. The van der Waals surface area contributed by atoms with Gasteiger partial charge in [-0.3, -0.25) is 9.79 Å². The molecule has 0 saturated heterocycles. The molecule has 0 bridgehead atoms. The van der Waals surface area contributed by atoms with Gasteiger partial charge in [-0.05, 0) is 30.7 Å². The first kappa shape index (κ1) is 17.5. The fourth-order valence-corrected chi connectivity index (χ4v) is 2.96. The number of carbonyl (C=O) groups excluding carboxylic acids is 1. The third kappa shape index (κ3) is 4.54. The van der Waals surface area contributed by atoms with E-state index in [1.54, 1.807) is 0 Å². The SMILES string of the molecule is CCC(C)N=C1CC(C)(C)CC(=O)C1=C(O)Cc1ccccc1. The number of Topliss-reactive ketones (excluding diaryl/α,β-unsaturated/α-hetero) is 1. The molecule has 3 heteroatoms. The van der Waals surface area contributed by atoms with Crippen molar-refractivity contribution in [3.8, 4) is 0 Å². The number of carbonyl (C=O) groups is 1. The lowest BCUT2D eigenvalue weighted by atomic mass is 9.73. The minimum absolute atomic E-state index is 0.0109. The average molecular weight is 313 g/mol. The molecule has 0 aromatic heterocycles. The fourth-order valence-electron chi connectivity index (χ4n) is 2.96. The monoisotopic (exact) mass is 313 g/mol. The molecule has 1 aromatic carbocycles. The Balaban J connectivity index is 2.40.